The van der Waals surface area contributed by atoms with Gasteiger partial charge in [-0.15, -0.1) is 0 Å². The highest BCUT2D eigenvalue weighted by Crippen LogP contribution is 2.39. The minimum atomic E-state index is -1.13. The topological polar surface area (TPSA) is 93.7 Å². The first kappa shape index (κ1) is 24.3. The van der Waals surface area contributed by atoms with E-state index in [0.29, 0.717) is 67.7 Å². The zero-order chi connectivity index (χ0) is 24.7. The number of amides is 1. The summed E-state index contributed by atoms with van der Waals surface area (Å²) >= 11 is -1.13. The van der Waals surface area contributed by atoms with Crippen LogP contribution in [0.25, 0.3) is 0 Å². The highest BCUT2D eigenvalue weighted by Gasteiger charge is 2.39. The number of likely N-dealkylation sites (tertiary alicyclic amines) is 1. The van der Waals surface area contributed by atoms with Gasteiger partial charge in [0.25, 0.3) is 0 Å². The van der Waals surface area contributed by atoms with Crippen molar-refractivity contribution in [1.82, 2.24) is 14.9 Å². The lowest BCUT2D eigenvalue weighted by Crippen LogP contribution is -2.45. The number of piperidine rings is 2. The van der Waals surface area contributed by atoms with Crippen LogP contribution in [0.15, 0.2) is 23.1 Å². The Balaban J connectivity index is 1.38. The van der Waals surface area contributed by atoms with Gasteiger partial charge in [-0.05, 0) is 60.6 Å². The van der Waals surface area contributed by atoms with E-state index >= 15 is 0 Å². The Labute approximate surface area is 208 Å². The first-order chi connectivity index (χ1) is 16.8. The number of hydrogen-bond donors (Lipinski definition) is 1. The molecule has 35 heavy (non-hydrogen) atoms. The Morgan fingerprint density at radius 2 is 2.00 bits per heavy atom. The summed E-state index contributed by atoms with van der Waals surface area (Å²) in [6.07, 6.45) is 3.22. The molecule has 4 heterocycles. The molecule has 1 N–H and O–H groups in total. The van der Waals surface area contributed by atoms with E-state index in [1.54, 1.807) is 25.1 Å². The molecule has 0 aliphatic carbocycles. The number of likely N-dealkylation sites (N-methyl/N-ethyl adjacent to an activating group) is 1. The molecule has 2 saturated heterocycles. The van der Waals surface area contributed by atoms with Gasteiger partial charge in [-0.3, -0.25) is 4.79 Å². The number of carbonyl (C=O) groups excluding carboxylic acids is 1. The van der Waals surface area contributed by atoms with Crippen LogP contribution in [0.5, 0.6) is 0 Å². The number of fused-ring (bicyclic) bond motifs is 1. The van der Waals surface area contributed by atoms with E-state index in [9.17, 15) is 13.7 Å². The van der Waals surface area contributed by atoms with Crippen LogP contribution >= 0.6 is 0 Å². The molecule has 0 saturated carbocycles. The number of halogens is 1. The number of ether oxygens (including phenoxy) is 1. The van der Waals surface area contributed by atoms with Gasteiger partial charge in [0.15, 0.2) is 5.82 Å². The van der Waals surface area contributed by atoms with Gasteiger partial charge in [-0.25, -0.2) is 9.37 Å². The SMILES string of the molecule is COC1(c2cc(C)cc(F)c2)CCN(c2nc3c(c(N[C@H]4CCC(=O)N(C)C4)n2)[S+]([O-])CC3)CC1. The molecule has 1 amide bonds. The molecule has 1 aromatic heterocycles. The molecule has 2 aromatic rings. The molecular weight excluding hydrogens is 469 g/mol. The fourth-order valence-corrected chi connectivity index (χ4v) is 6.74. The molecule has 188 valence electrons. The van der Waals surface area contributed by atoms with Gasteiger partial charge >= 0.3 is 0 Å². The number of hydrogen-bond acceptors (Lipinski definition) is 7. The highest BCUT2D eigenvalue weighted by atomic mass is 32.2. The number of rotatable bonds is 5. The molecule has 10 heteroatoms. The monoisotopic (exact) mass is 501 g/mol. The summed E-state index contributed by atoms with van der Waals surface area (Å²) in [5.41, 5.74) is 2.02. The van der Waals surface area contributed by atoms with Crippen molar-refractivity contribution in [1.29, 1.82) is 0 Å². The first-order valence-corrected chi connectivity index (χ1v) is 13.5. The molecule has 0 spiro atoms. The van der Waals surface area contributed by atoms with E-state index in [0.717, 1.165) is 23.2 Å². The van der Waals surface area contributed by atoms with Crippen molar-refractivity contribution in [3.8, 4) is 0 Å². The number of aromatic nitrogens is 2. The van der Waals surface area contributed by atoms with Gasteiger partial charge in [0.2, 0.25) is 16.8 Å². The number of anilines is 2. The summed E-state index contributed by atoms with van der Waals surface area (Å²) in [7, 11) is 3.49. The third-order valence-electron chi connectivity index (χ3n) is 7.46. The summed E-state index contributed by atoms with van der Waals surface area (Å²) in [6.45, 7) is 3.80. The predicted molar refractivity (Wildman–Crippen MR) is 133 cm³/mol. The third kappa shape index (κ3) is 4.71. The second-order valence-electron chi connectivity index (χ2n) is 9.80. The van der Waals surface area contributed by atoms with Crippen molar-refractivity contribution < 1.29 is 18.5 Å². The average molecular weight is 502 g/mol. The summed E-state index contributed by atoms with van der Waals surface area (Å²) in [5.74, 6) is 1.68. The molecule has 2 fully saturated rings. The van der Waals surface area contributed by atoms with Gasteiger partial charge < -0.3 is 24.4 Å². The van der Waals surface area contributed by atoms with Crippen LogP contribution in [0.1, 0.15) is 42.5 Å². The van der Waals surface area contributed by atoms with Crippen LogP contribution in [0.3, 0.4) is 0 Å². The van der Waals surface area contributed by atoms with Crippen molar-refractivity contribution in [3.63, 3.8) is 0 Å². The Bertz CT molecular complexity index is 1100. The summed E-state index contributed by atoms with van der Waals surface area (Å²) < 4.78 is 32.8. The number of methoxy groups -OCH3 is 1. The van der Waals surface area contributed by atoms with Gasteiger partial charge in [0, 0.05) is 52.7 Å². The molecule has 0 radical (unpaired) electrons. The summed E-state index contributed by atoms with van der Waals surface area (Å²) in [6, 6.07) is 5.15. The Morgan fingerprint density at radius 3 is 2.69 bits per heavy atom. The lowest BCUT2D eigenvalue weighted by Gasteiger charge is -2.41. The van der Waals surface area contributed by atoms with Gasteiger partial charge in [0.05, 0.1) is 5.60 Å². The Kier molecular flexibility index (Phi) is 6.63. The Hall–Kier alpha value is -2.43. The maximum Gasteiger partial charge on any atom is 0.227 e. The maximum absolute atomic E-state index is 14.1. The minimum Gasteiger partial charge on any atom is -0.611 e. The lowest BCUT2D eigenvalue weighted by molar-refractivity contribution is -0.132. The standard InChI is InChI=1S/C25H32FN5O3S/c1-16-12-17(14-18(26)13-16)25(34-3)7-9-31(10-8-25)24-28-20-6-11-35(33)22(20)23(29-24)27-19-4-5-21(32)30(2)15-19/h12-14,19H,4-11,15H2,1-3H3,(H,27,28,29)/t19-,35?/m0/s1. The molecule has 0 bridgehead atoms. The summed E-state index contributed by atoms with van der Waals surface area (Å²) in [4.78, 5) is 26.1. The lowest BCUT2D eigenvalue weighted by atomic mass is 9.83. The molecule has 1 unspecified atom stereocenters. The van der Waals surface area contributed by atoms with Crippen LogP contribution in [0, 0.1) is 12.7 Å². The van der Waals surface area contributed by atoms with E-state index < -0.39 is 16.8 Å². The van der Waals surface area contributed by atoms with Gasteiger partial charge in [-0.2, -0.15) is 4.98 Å². The fourth-order valence-electron chi connectivity index (χ4n) is 5.42. The number of carbonyl (C=O) groups is 1. The van der Waals surface area contributed by atoms with Crippen LogP contribution in [-0.2, 0) is 32.7 Å². The normalized spacial score (nSPS) is 24.0. The smallest absolute Gasteiger partial charge is 0.227 e. The van der Waals surface area contributed by atoms with Gasteiger partial charge in [0.1, 0.15) is 17.3 Å². The quantitative estimate of drug-likeness (QED) is 0.630. The Morgan fingerprint density at radius 1 is 1.23 bits per heavy atom. The van der Waals surface area contributed by atoms with E-state index in [1.165, 1.54) is 6.07 Å². The number of benzene rings is 1. The number of aryl methyl sites for hydroxylation is 2. The minimum absolute atomic E-state index is 0.0564. The van der Waals surface area contributed by atoms with E-state index in [1.807, 2.05) is 13.0 Å². The van der Waals surface area contributed by atoms with Crippen LogP contribution < -0.4 is 10.2 Å². The number of nitrogens with zero attached hydrogens (tertiary/aromatic N) is 4. The first-order valence-electron chi connectivity index (χ1n) is 12.2. The van der Waals surface area contributed by atoms with E-state index in [2.05, 4.69) is 10.2 Å². The van der Waals surface area contributed by atoms with Crippen LogP contribution in [0.4, 0.5) is 16.2 Å². The van der Waals surface area contributed by atoms with E-state index in [4.69, 9.17) is 14.7 Å². The molecule has 3 aliphatic rings. The zero-order valence-electron chi connectivity index (χ0n) is 20.5. The molecular formula is C25H32FN5O3S. The van der Waals surface area contributed by atoms with Crippen molar-refractivity contribution in [2.75, 3.05) is 49.8 Å². The molecule has 1 aromatic carbocycles. The zero-order valence-corrected chi connectivity index (χ0v) is 21.3. The van der Waals surface area contributed by atoms with Crippen LogP contribution in [0.2, 0.25) is 0 Å². The fraction of sp³-hybridized carbons (Fsp3) is 0.560. The van der Waals surface area contributed by atoms with Crippen molar-refractivity contribution in [2.45, 2.75) is 55.6 Å². The summed E-state index contributed by atoms with van der Waals surface area (Å²) in [5, 5.41) is 3.48. The molecule has 8 nitrogen and oxygen atoms in total. The number of nitrogens with one attached hydrogen (secondary N) is 1. The third-order valence-corrected chi connectivity index (χ3v) is 8.92. The maximum atomic E-state index is 14.1. The van der Waals surface area contributed by atoms with Crippen molar-refractivity contribution in [2.24, 2.45) is 0 Å². The van der Waals surface area contributed by atoms with Gasteiger partial charge in [-0.1, -0.05) is 6.07 Å². The second-order valence-corrected chi connectivity index (χ2v) is 11.3. The van der Waals surface area contributed by atoms with E-state index in [-0.39, 0.29) is 17.8 Å². The highest BCUT2D eigenvalue weighted by molar-refractivity contribution is 7.91. The van der Waals surface area contributed by atoms with Crippen LogP contribution in [-0.4, -0.2) is 70.9 Å². The molecule has 2 atom stereocenters. The molecule has 5 rings (SSSR count). The average Bonchev–Trinajstić information content (AvgIpc) is 3.22. The predicted octanol–water partition coefficient (Wildman–Crippen LogP) is 2.76. The van der Waals surface area contributed by atoms with Crippen molar-refractivity contribution >= 4 is 28.8 Å². The molecule has 3 aliphatic heterocycles. The van der Waals surface area contributed by atoms with Crippen molar-refractivity contribution in [3.05, 3.63) is 40.8 Å². The second kappa shape index (κ2) is 9.55. The largest absolute Gasteiger partial charge is 0.611 e.